The molecule has 0 bridgehead atoms. The van der Waals surface area contributed by atoms with Gasteiger partial charge in [0.2, 0.25) is 0 Å². The highest BCUT2D eigenvalue weighted by Gasteiger charge is 2.24. The largest absolute Gasteiger partial charge is 0.374 e. The number of fused-ring (bicyclic) bond motifs is 1. The highest BCUT2D eigenvalue weighted by Crippen LogP contribution is 2.25. The molecule has 1 aliphatic rings. The predicted molar refractivity (Wildman–Crippen MR) is 109 cm³/mol. The van der Waals surface area contributed by atoms with Crippen molar-refractivity contribution in [2.24, 2.45) is 0 Å². The molecule has 3 heterocycles. The van der Waals surface area contributed by atoms with Crippen LogP contribution >= 0.6 is 0 Å². The number of likely N-dealkylation sites (tertiary alicyclic amines) is 1. The van der Waals surface area contributed by atoms with Gasteiger partial charge in [-0.15, -0.1) is 0 Å². The summed E-state index contributed by atoms with van der Waals surface area (Å²) in [5.74, 6) is 0. The van der Waals surface area contributed by atoms with E-state index < -0.39 is 0 Å². The molecule has 0 aliphatic carbocycles. The van der Waals surface area contributed by atoms with Gasteiger partial charge in [0, 0.05) is 49.2 Å². The van der Waals surface area contributed by atoms with Crippen molar-refractivity contribution in [1.82, 2.24) is 14.2 Å². The summed E-state index contributed by atoms with van der Waals surface area (Å²) in [5, 5.41) is 0. The molecule has 2 aromatic rings. The molecule has 1 atom stereocenters. The first-order chi connectivity index (χ1) is 12.2. The zero-order valence-corrected chi connectivity index (χ0v) is 16.7. The van der Waals surface area contributed by atoms with Crippen molar-refractivity contribution in [3.63, 3.8) is 0 Å². The third-order valence-corrected chi connectivity index (χ3v) is 5.57. The number of allylic oxidation sites excluding steroid dienone is 1. The first-order valence-electron chi connectivity index (χ1n) is 9.41. The SMILES string of the molecule is C=C1CC[C@H](CN(C)Cc2ccc3cc(C(C)(C)C)ccn3c2=O)N1C. The van der Waals surface area contributed by atoms with E-state index in [1.54, 1.807) is 4.40 Å². The smallest absolute Gasteiger partial charge is 0.259 e. The highest BCUT2D eigenvalue weighted by atomic mass is 16.1. The predicted octanol–water partition coefficient (Wildman–Crippen LogP) is 3.64. The molecule has 0 N–H and O–H groups in total. The van der Waals surface area contributed by atoms with Crippen molar-refractivity contribution in [3.05, 3.63) is 64.2 Å². The lowest BCUT2D eigenvalue weighted by Gasteiger charge is -2.27. The number of pyridine rings is 2. The van der Waals surface area contributed by atoms with Gasteiger partial charge in [0.05, 0.1) is 0 Å². The van der Waals surface area contributed by atoms with Crippen molar-refractivity contribution in [2.75, 3.05) is 20.6 Å². The lowest BCUT2D eigenvalue weighted by atomic mass is 9.87. The Hall–Kier alpha value is -2.07. The van der Waals surface area contributed by atoms with Crippen molar-refractivity contribution in [2.45, 2.75) is 51.6 Å². The van der Waals surface area contributed by atoms with Gasteiger partial charge in [-0.3, -0.25) is 14.1 Å². The number of rotatable bonds is 4. The van der Waals surface area contributed by atoms with Gasteiger partial charge in [-0.05, 0) is 49.1 Å². The lowest BCUT2D eigenvalue weighted by molar-refractivity contribution is 0.230. The van der Waals surface area contributed by atoms with Crippen molar-refractivity contribution >= 4 is 5.52 Å². The summed E-state index contributed by atoms with van der Waals surface area (Å²) in [6.45, 7) is 12.3. The topological polar surface area (TPSA) is 28.0 Å². The van der Waals surface area contributed by atoms with E-state index in [1.165, 1.54) is 11.3 Å². The van der Waals surface area contributed by atoms with Crippen LogP contribution in [-0.2, 0) is 12.0 Å². The third kappa shape index (κ3) is 3.70. The average molecular weight is 354 g/mol. The van der Waals surface area contributed by atoms with Crippen LogP contribution in [0.25, 0.3) is 5.52 Å². The molecule has 2 aromatic heterocycles. The monoisotopic (exact) mass is 353 g/mol. The van der Waals surface area contributed by atoms with Crippen LogP contribution in [-0.4, -0.2) is 40.9 Å². The van der Waals surface area contributed by atoms with E-state index in [-0.39, 0.29) is 11.0 Å². The molecule has 1 saturated heterocycles. The van der Waals surface area contributed by atoms with Gasteiger partial charge >= 0.3 is 0 Å². The van der Waals surface area contributed by atoms with Crippen molar-refractivity contribution in [1.29, 1.82) is 0 Å². The summed E-state index contributed by atoms with van der Waals surface area (Å²) in [5.41, 5.74) is 4.41. The molecule has 26 heavy (non-hydrogen) atoms. The van der Waals surface area contributed by atoms with E-state index in [9.17, 15) is 4.79 Å². The number of hydrogen-bond donors (Lipinski definition) is 0. The molecular weight excluding hydrogens is 322 g/mol. The minimum absolute atomic E-state index is 0.0774. The standard InChI is InChI=1S/C22H31N3O/c1-16-7-9-20(24(16)6)15-23(5)14-17-8-10-19-13-18(22(2,3)4)11-12-25(19)21(17)26/h8,10-13,20H,1,7,9,14-15H2,2-6H3/t20-/m1/s1. The van der Waals surface area contributed by atoms with Crippen molar-refractivity contribution < 1.29 is 0 Å². The molecule has 4 heteroatoms. The quantitative estimate of drug-likeness (QED) is 0.840. The summed E-state index contributed by atoms with van der Waals surface area (Å²) in [7, 11) is 4.21. The van der Waals surface area contributed by atoms with Gasteiger partial charge in [0.15, 0.2) is 0 Å². The third-order valence-electron chi connectivity index (χ3n) is 5.57. The zero-order valence-electron chi connectivity index (χ0n) is 16.7. The van der Waals surface area contributed by atoms with E-state index in [0.717, 1.165) is 30.5 Å². The maximum Gasteiger partial charge on any atom is 0.259 e. The van der Waals surface area contributed by atoms with Gasteiger partial charge in [0.1, 0.15) is 0 Å². The van der Waals surface area contributed by atoms with Crippen LogP contribution in [0, 0.1) is 0 Å². The molecule has 0 saturated carbocycles. The number of aromatic nitrogens is 1. The van der Waals surface area contributed by atoms with Crippen LogP contribution in [0.5, 0.6) is 0 Å². The normalized spacial score (nSPS) is 18.3. The Bertz CT molecular complexity index is 875. The molecule has 0 radical (unpaired) electrons. The van der Waals surface area contributed by atoms with Crippen LogP contribution in [0.15, 0.2) is 47.5 Å². The van der Waals surface area contributed by atoms with Gasteiger partial charge in [-0.1, -0.05) is 33.4 Å². The maximum atomic E-state index is 12.9. The summed E-state index contributed by atoms with van der Waals surface area (Å²) in [6.07, 6.45) is 4.13. The van der Waals surface area contributed by atoms with Gasteiger partial charge in [-0.25, -0.2) is 0 Å². The van der Waals surface area contributed by atoms with Crippen LogP contribution in [0.1, 0.15) is 44.7 Å². The lowest BCUT2D eigenvalue weighted by Crippen LogP contribution is -2.36. The second-order valence-electron chi connectivity index (χ2n) is 8.69. The summed E-state index contributed by atoms with van der Waals surface area (Å²) in [6, 6.07) is 8.71. The second-order valence-corrected chi connectivity index (χ2v) is 8.69. The Morgan fingerprint density at radius 2 is 2.00 bits per heavy atom. The summed E-state index contributed by atoms with van der Waals surface area (Å²) < 4.78 is 1.77. The molecule has 1 fully saturated rings. The van der Waals surface area contributed by atoms with E-state index in [0.29, 0.717) is 12.6 Å². The second kappa shape index (κ2) is 6.92. The van der Waals surface area contributed by atoms with Crippen LogP contribution in [0.2, 0.25) is 0 Å². The number of hydrogen-bond acceptors (Lipinski definition) is 3. The minimum Gasteiger partial charge on any atom is -0.374 e. The van der Waals surface area contributed by atoms with Gasteiger partial charge < -0.3 is 4.90 Å². The number of nitrogens with zero attached hydrogens (tertiary/aromatic N) is 3. The van der Waals surface area contributed by atoms with Crippen LogP contribution in [0.4, 0.5) is 0 Å². The van der Waals surface area contributed by atoms with E-state index >= 15 is 0 Å². The average Bonchev–Trinajstić information content (AvgIpc) is 2.88. The van der Waals surface area contributed by atoms with Gasteiger partial charge in [-0.2, -0.15) is 0 Å². The fraction of sp³-hybridized carbons (Fsp3) is 0.500. The van der Waals surface area contributed by atoms with Crippen molar-refractivity contribution in [3.8, 4) is 0 Å². The molecule has 4 nitrogen and oxygen atoms in total. The first kappa shape index (κ1) is 18.7. The molecule has 0 aromatic carbocycles. The van der Waals surface area contributed by atoms with E-state index in [2.05, 4.69) is 69.4 Å². The summed E-state index contributed by atoms with van der Waals surface area (Å²) in [4.78, 5) is 17.4. The van der Waals surface area contributed by atoms with E-state index in [4.69, 9.17) is 0 Å². The Kier molecular flexibility index (Phi) is 4.98. The molecule has 0 unspecified atom stereocenters. The zero-order chi connectivity index (χ0) is 19.1. The fourth-order valence-corrected chi connectivity index (χ4v) is 3.72. The van der Waals surface area contributed by atoms with Crippen LogP contribution in [0.3, 0.4) is 0 Å². The maximum absolute atomic E-state index is 12.9. The Balaban J connectivity index is 1.79. The van der Waals surface area contributed by atoms with Crippen LogP contribution < -0.4 is 5.56 Å². The highest BCUT2D eigenvalue weighted by molar-refractivity contribution is 5.50. The van der Waals surface area contributed by atoms with E-state index in [1.807, 2.05) is 12.3 Å². The Labute approximate surface area is 156 Å². The first-order valence-corrected chi connectivity index (χ1v) is 9.41. The Morgan fingerprint density at radius 3 is 2.62 bits per heavy atom. The Morgan fingerprint density at radius 1 is 1.27 bits per heavy atom. The van der Waals surface area contributed by atoms with Gasteiger partial charge in [0.25, 0.3) is 5.56 Å². The molecular formula is C22H31N3O. The molecule has 1 aliphatic heterocycles. The molecule has 3 rings (SSSR count). The molecule has 0 spiro atoms. The summed E-state index contributed by atoms with van der Waals surface area (Å²) >= 11 is 0. The minimum atomic E-state index is 0.0774. The molecule has 140 valence electrons. The molecule has 0 amide bonds. The fourth-order valence-electron chi connectivity index (χ4n) is 3.72. The number of likely N-dealkylation sites (N-methyl/N-ethyl adjacent to an activating group) is 2.